The Morgan fingerprint density at radius 1 is 1.38 bits per heavy atom. The Labute approximate surface area is 125 Å². The molecule has 2 aliphatic carbocycles. The van der Waals surface area contributed by atoms with Crippen molar-refractivity contribution < 1.29 is 9.47 Å². The van der Waals surface area contributed by atoms with Crippen LogP contribution in [0.5, 0.6) is 5.75 Å². The van der Waals surface area contributed by atoms with Crippen molar-refractivity contribution in [2.75, 3.05) is 19.5 Å². The molecule has 5 heteroatoms. The van der Waals surface area contributed by atoms with Crippen LogP contribution in [-0.4, -0.2) is 32.3 Å². The smallest absolute Gasteiger partial charge is 0.193 e. The monoisotopic (exact) mass is 289 g/mol. The van der Waals surface area contributed by atoms with Gasteiger partial charge in [0.05, 0.1) is 19.3 Å². The Balaban J connectivity index is 1.66. The van der Waals surface area contributed by atoms with Gasteiger partial charge in [-0.05, 0) is 31.4 Å². The highest BCUT2D eigenvalue weighted by atomic mass is 16.5. The van der Waals surface area contributed by atoms with Gasteiger partial charge in [-0.15, -0.1) is 0 Å². The minimum Gasteiger partial charge on any atom is -0.497 e. The van der Waals surface area contributed by atoms with E-state index in [0.29, 0.717) is 12.1 Å². The van der Waals surface area contributed by atoms with Crippen molar-refractivity contribution >= 4 is 11.6 Å². The van der Waals surface area contributed by atoms with E-state index < -0.39 is 0 Å². The standard InChI is InChI=1S/C16H23N3O2/c1-20-12-6-3-5-11(9-12)18-15(17)19-13-10-14(21-2)16(13)7-4-8-16/h3,5-6,9,13-14H,4,7-8,10H2,1-2H3,(H3,17,18,19). The summed E-state index contributed by atoms with van der Waals surface area (Å²) in [4.78, 5) is 4.67. The number of benzene rings is 1. The van der Waals surface area contributed by atoms with Gasteiger partial charge >= 0.3 is 0 Å². The Hall–Kier alpha value is -1.75. The highest BCUT2D eigenvalue weighted by molar-refractivity contribution is 5.92. The second kappa shape index (κ2) is 5.56. The van der Waals surface area contributed by atoms with Crippen molar-refractivity contribution in [3.8, 4) is 5.75 Å². The third kappa shape index (κ3) is 2.46. The van der Waals surface area contributed by atoms with E-state index in [1.807, 2.05) is 24.3 Å². The van der Waals surface area contributed by atoms with E-state index in [4.69, 9.17) is 15.2 Å². The van der Waals surface area contributed by atoms with Gasteiger partial charge < -0.3 is 20.5 Å². The second-order valence-corrected chi connectivity index (χ2v) is 5.93. The predicted molar refractivity (Wildman–Crippen MR) is 83.7 cm³/mol. The summed E-state index contributed by atoms with van der Waals surface area (Å²) in [7, 11) is 3.44. The fourth-order valence-electron chi connectivity index (χ4n) is 3.53. The molecule has 0 radical (unpaired) electrons. The summed E-state index contributed by atoms with van der Waals surface area (Å²) in [6, 6.07) is 7.96. The molecule has 0 saturated heterocycles. The normalized spacial score (nSPS) is 26.9. The van der Waals surface area contributed by atoms with Gasteiger partial charge in [-0.1, -0.05) is 12.5 Å². The minimum absolute atomic E-state index is 0.245. The molecule has 21 heavy (non-hydrogen) atoms. The van der Waals surface area contributed by atoms with Gasteiger partial charge in [-0.25, -0.2) is 4.99 Å². The second-order valence-electron chi connectivity index (χ2n) is 5.93. The van der Waals surface area contributed by atoms with E-state index in [-0.39, 0.29) is 11.5 Å². The molecule has 1 aromatic carbocycles. The molecule has 2 saturated carbocycles. The van der Waals surface area contributed by atoms with Crippen molar-refractivity contribution in [3.63, 3.8) is 0 Å². The third-order valence-corrected chi connectivity index (χ3v) is 4.95. The highest BCUT2D eigenvalue weighted by Crippen LogP contribution is 2.58. The van der Waals surface area contributed by atoms with Gasteiger partial charge in [-0.2, -0.15) is 0 Å². The molecule has 2 aliphatic rings. The first-order valence-electron chi connectivity index (χ1n) is 7.45. The maximum absolute atomic E-state index is 6.05. The molecule has 3 N–H and O–H groups in total. The van der Waals surface area contributed by atoms with Crippen molar-refractivity contribution in [1.29, 1.82) is 0 Å². The van der Waals surface area contributed by atoms with E-state index in [1.165, 1.54) is 19.3 Å². The first-order valence-corrected chi connectivity index (χ1v) is 7.45. The van der Waals surface area contributed by atoms with Crippen LogP contribution in [0.15, 0.2) is 29.3 Å². The summed E-state index contributed by atoms with van der Waals surface area (Å²) in [5.74, 6) is 1.26. The molecule has 3 rings (SSSR count). The lowest BCUT2D eigenvalue weighted by molar-refractivity contribution is -0.150. The van der Waals surface area contributed by atoms with Crippen LogP contribution in [0.1, 0.15) is 25.7 Å². The van der Waals surface area contributed by atoms with Gasteiger partial charge in [0.2, 0.25) is 0 Å². The van der Waals surface area contributed by atoms with E-state index in [1.54, 1.807) is 14.2 Å². The molecule has 0 aromatic heterocycles. The third-order valence-electron chi connectivity index (χ3n) is 4.95. The summed E-state index contributed by atoms with van der Waals surface area (Å²) < 4.78 is 10.8. The molecule has 5 nitrogen and oxygen atoms in total. The predicted octanol–water partition coefficient (Wildman–Crippen LogP) is 2.38. The number of rotatable bonds is 4. The number of guanidine groups is 1. The molecule has 2 unspecified atom stereocenters. The van der Waals surface area contributed by atoms with Crippen LogP contribution in [0.2, 0.25) is 0 Å². The number of nitrogens with one attached hydrogen (secondary N) is 1. The molecule has 1 spiro atoms. The van der Waals surface area contributed by atoms with Crippen molar-refractivity contribution in [3.05, 3.63) is 24.3 Å². The average Bonchev–Trinajstić information content (AvgIpc) is 2.41. The summed E-state index contributed by atoms with van der Waals surface area (Å²) >= 11 is 0. The fourth-order valence-corrected chi connectivity index (χ4v) is 3.53. The van der Waals surface area contributed by atoms with E-state index in [0.717, 1.165) is 17.9 Å². The van der Waals surface area contributed by atoms with Crippen LogP contribution in [0.25, 0.3) is 0 Å². The molecule has 114 valence electrons. The van der Waals surface area contributed by atoms with E-state index >= 15 is 0 Å². The van der Waals surface area contributed by atoms with Crippen molar-refractivity contribution in [2.45, 2.75) is 37.8 Å². The largest absolute Gasteiger partial charge is 0.497 e. The zero-order chi connectivity index (χ0) is 14.9. The van der Waals surface area contributed by atoms with Crippen molar-refractivity contribution in [2.24, 2.45) is 16.1 Å². The molecule has 0 bridgehead atoms. The quantitative estimate of drug-likeness (QED) is 0.659. The summed E-state index contributed by atoms with van der Waals surface area (Å²) in [6.45, 7) is 0. The Morgan fingerprint density at radius 3 is 2.81 bits per heavy atom. The van der Waals surface area contributed by atoms with Gasteiger partial charge in [0, 0.05) is 24.3 Å². The van der Waals surface area contributed by atoms with Gasteiger partial charge in [0.15, 0.2) is 5.96 Å². The Kier molecular flexibility index (Phi) is 3.76. The van der Waals surface area contributed by atoms with Crippen LogP contribution in [0.4, 0.5) is 5.69 Å². The molecule has 0 aliphatic heterocycles. The molecular formula is C16H23N3O2. The van der Waals surface area contributed by atoms with Crippen LogP contribution in [0, 0.1) is 5.41 Å². The number of nitrogens with two attached hydrogens (primary N) is 1. The average molecular weight is 289 g/mol. The zero-order valence-corrected chi connectivity index (χ0v) is 12.6. The Morgan fingerprint density at radius 2 is 2.19 bits per heavy atom. The van der Waals surface area contributed by atoms with Crippen LogP contribution in [-0.2, 0) is 4.74 Å². The topological polar surface area (TPSA) is 68.9 Å². The molecular weight excluding hydrogens is 266 g/mol. The van der Waals surface area contributed by atoms with Gasteiger partial charge in [-0.3, -0.25) is 0 Å². The van der Waals surface area contributed by atoms with E-state index in [9.17, 15) is 0 Å². The minimum atomic E-state index is 0.245. The number of nitrogens with zero attached hydrogens (tertiary/aromatic N) is 1. The molecule has 2 atom stereocenters. The lowest BCUT2D eigenvalue weighted by atomic mass is 9.51. The number of ether oxygens (including phenoxy) is 2. The zero-order valence-electron chi connectivity index (χ0n) is 12.6. The fraction of sp³-hybridized carbons (Fsp3) is 0.562. The molecule has 0 heterocycles. The van der Waals surface area contributed by atoms with Crippen molar-refractivity contribution in [1.82, 2.24) is 0 Å². The number of anilines is 1. The van der Waals surface area contributed by atoms with Gasteiger partial charge in [0.1, 0.15) is 5.75 Å². The van der Waals surface area contributed by atoms with E-state index in [2.05, 4.69) is 10.3 Å². The van der Waals surface area contributed by atoms with Crippen LogP contribution in [0.3, 0.4) is 0 Å². The maximum atomic E-state index is 6.05. The highest BCUT2D eigenvalue weighted by Gasteiger charge is 2.58. The van der Waals surface area contributed by atoms with Crippen LogP contribution < -0.4 is 15.8 Å². The first-order chi connectivity index (χ1) is 10.2. The lowest BCUT2D eigenvalue weighted by Crippen LogP contribution is -2.61. The number of hydrogen-bond donors (Lipinski definition) is 2. The summed E-state index contributed by atoms with van der Waals surface area (Å²) in [6.07, 6.45) is 4.99. The summed E-state index contributed by atoms with van der Waals surface area (Å²) in [5.41, 5.74) is 7.19. The number of hydrogen-bond acceptors (Lipinski definition) is 3. The number of methoxy groups -OCH3 is 2. The number of aliphatic imine (C=N–C) groups is 1. The lowest BCUT2D eigenvalue weighted by Gasteiger charge is -2.59. The van der Waals surface area contributed by atoms with Crippen LogP contribution >= 0.6 is 0 Å². The Bertz CT molecular complexity index is 540. The molecule has 2 fully saturated rings. The molecule has 0 amide bonds. The summed E-state index contributed by atoms with van der Waals surface area (Å²) in [5, 5.41) is 3.14. The molecule has 1 aromatic rings. The van der Waals surface area contributed by atoms with Gasteiger partial charge in [0.25, 0.3) is 0 Å². The first kappa shape index (κ1) is 14.2. The SMILES string of the molecule is COc1cccc(NC(N)=NC2CC(OC)C23CCC3)c1. The maximum Gasteiger partial charge on any atom is 0.193 e.